The molecule has 1 aromatic heterocycles. The first kappa shape index (κ1) is 9.91. The molecular weight excluding hydrogens is 206 g/mol. The highest BCUT2D eigenvalue weighted by atomic mass is 32.1. The number of benzene rings is 1. The van der Waals surface area contributed by atoms with Crippen molar-refractivity contribution in [3.05, 3.63) is 57.8 Å². The van der Waals surface area contributed by atoms with E-state index >= 15 is 0 Å². The molecule has 0 saturated heterocycles. The van der Waals surface area contributed by atoms with E-state index in [0.717, 1.165) is 11.1 Å². The summed E-state index contributed by atoms with van der Waals surface area (Å²) in [5, 5.41) is 22.5. The second-order valence-electron chi connectivity index (χ2n) is 3.19. The predicted molar refractivity (Wildman–Crippen MR) is 59.5 cm³/mol. The molecule has 0 radical (unpaired) electrons. The van der Waals surface area contributed by atoms with Gasteiger partial charge in [-0.2, -0.15) is 16.6 Å². The highest BCUT2D eigenvalue weighted by Gasteiger charge is 2.09. The fraction of sp³-hybridized carbons (Fsp3) is 0.0833. The second kappa shape index (κ2) is 4.26. The monoisotopic (exact) mass is 215 g/mol. The highest BCUT2D eigenvalue weighted by Crippen LogP contribution is 2.23. The Morgan fingerprint density at radius 2 is 1.87 bits per heavy atom. The van der Waals surface area contributed by atoms with Gasteiger partial charge >= 0.3 is 0 Å². The SMILES string of the molecule is N#Cc1ccc([C@H](O)c2ccsc2)cc1. The minimum absolute atomic E-state index is 0.594. The molecule has 2 aromatic rings. The van der Waals surface area contributed by atoms with Crippen molar-refractivity contribution in [2.24, 2.45) is 0 Å². The van der Waals surface area contributed by atoms with E-state index in [1.54, 1.807) is 35.6 Å². The first-order valence-electron chi connectivity index (χ1n) is 4.51. The van der Waals surface area contributed by atoms with E-state index in [2.05, 4.69) is 0 Å². The third-order valence-electron chi connectivity index (χ3n) is 2.21. The minimum Gasteiger partial charge on any atom is -0.384 e. The van der Waals surface area contributed by atoms with Crippen molar-refractivity contribution < 1.29 is 5.11 Å². The zero-order chi connectivity index (χ0) is 10.7. The van der Waals surface area contributed by atoms with Crippen molar-refractivity contribution in [3.8, 4) is 6.07 Å². The molecule has 15 heavy (non-hydrogen) atoms. The molecule has 2 rings (SSSR count). The van der Waals surface area contributed by atoms with Gasteiger partial charge in [0, 0.05) is 0 Å². The Labute approximate surface area is 92.0 Å². The lowest BCUT2D eigenvalue weighted by Crippen LogP contribution is -1.97. The van der Waals surface area contributed by atoms with Gasteiger partial charge < -0.3 is 5.11 Å². The van der Waals surface area contributed by atoms with Crippen molar-refractivity contribution in [1.29, 1.82) is 5.26 Å². The summed E-state index contributed by atoms with van der Waals surface area (Å²) in [6.07, 6.45) is -0.594. The van der Waals surface area contributed by atoms with Gasteiger partial charge in [-0.3, -0.25) is 0 Å². The molecule has 0 aliphatic rings. The lowest BCUT2D eigenvalue weighted by atomic mass is 10.0. The molecule has 2 nitrogen and oxygen atoms in total. The van der Waals surface area contributed by atoms with Crippen LogP contribution in [0, 0.1) is 11.3 Å². The van der Waals surface area contributed by atoms with Crippen LogP contribution in [0.1, 0.15) is 22.8 Å². The summed E-state index contributed by atoms with van der Waals surface area (Å²) < 4.78 is 0. The summed E-state index contributed by atoms with van der Waals surface area (Å²) >= 11 is 1.56. The number of nitrogens with zero attached hydrogens (tertiary/aromatic N) is 1. The summed E-state index contributed by atoms with van der Waals surface area (Å²) in [7, 11) is 0. The average Bonchev–Trinajstić information content (AvgIpc) is 2.82. The quantitative estimate of drug-likeness (QED) is 0.837. The largest absolute Gasteiger partial charge is 0.384 e. The van der Waals surface area contributed by atoms with Crippen LogP contribution in [0.2, 0.25) is 0 Å². The standard InChI is InChI=1S/C12H9NOS/c13-7-9-1-3-10(4-2-9)12(14)11-5-6-15-8-11/h1-6,8,12,14H/t12-/m0/s1. The maximum atomic E-state index is 9.97. The van der Waals surface area contributed by atoms with Crippen LogP contribution in [-0.2, 0) is 0 Å². The summed E-state index contributed by atoms with van der Waals surface area (Å²) in [5.74, 6) is 0. The van der Waals surface area contributed by atoms with Gasteiger partial charge in [0.2, 0.25) is 0 Å². The molecule has 0 fully saturated rings. The molecule has 3 heteroatoms. The van der Waals surface area contributed by atoms with Gasteiger partial charge in [-0.25, -0.2) is 0 Å². The summed E-state index contributed by atoms with van der Waals surface area (Å²) in [4.78, 5) is 0. The Morgan fingerprint density at radius 3 is 2.40 bits per heavy atom. The van der Waals surface area contributed by atoms with Crippen LogP contribution in [0.3, 0.4) is 0 Å². The number of hydrogen-bond acceptors (Lipinski definition) is 3. The molecule has 0 saturated carbocycles. The smallest absolute Gasteiger partial charge is 0.105 e. The van der Waals surface area contributed by atoms with Crippen molar-refractivity contribution in [2.45, 2.75) is 6.10 Å². The van der Waals surface area contributed by atoms with Crippen LogP contribution >= 0.6 is 11.3 Å². The normalized spacial score (nSPS) is 12.0. The number of rotatable bonds is 2. The number of aliphatic hydroxyl groups excluding tert-OH is 1. The van der Waals surface area contributed by atoms with E-state index in [-0.39, 0.29) is 0 Å². The first-order valence-corrected chi connectivity index (χ1v) is 5.46. The van der Waals surface area contributed by atoms with Crippen molar-refractivity contribution >= 4 is 11.3 Å². The number of nitriles is 1. The highest BCUT2D eigenvalue weighted by molar-refractivity contribution is 7.07. The summed E-state index contributed by atoms with van der Waals surface area (Å²) in [6, 6.07) is 10.9. The Morgan fingerprint density at radius 1 is 1.13 bits per heavy atom. The van der Waals surface area contributed by atoms with Crippen LogP contribution in [-0.4, -0.2) is 5.11 Å². The number of aliphatic hydroxyl groups is 1. The van der Waals surface area contributed by atoms with E-state index in [1.165, 1.54) is 0 Å². The molecule has 1 N–H and O–H groups in total. The Balaban J connectivity index is 2.27. The van der Waals surface area contributed by atoms with Crippen LogP contribution in [0.4, 0.5) is 0 Å². The van der Waals surface area contributed by atoms with E-state index in [1.807, 2.05) is 22.9 Å². The van der Waals surface area contributed by atoms with Gasteiger partial charge in [-0.1, -0.05) is 12.1 Å². The number of hydrogen-bond donors (Lipinski definition) is 1. The maximum Gasteiger partial charge on any atom is 0.105 e. The summed E-state index contributed by atoms with van der Waals surface area (Å²) in [5.41, 5.74) is 2.31. The fourth-order valence-corrected chi connectivity index (χ4v) is 2.04. The topological polar surface area (TPSA) is 44.0 Å². The predicted octanol–water partition coefficient (Wildman–Crippen LogP) is 2.70. The van der Waals surface area contributed by atoms with Crippen LogP contribution < -0.4 is 0 Å². The first-order chi connectivity index (χ1) is 7.31. The molecular formula is C12H9NOS. The van der Waals surface area contributed by atoms with E-state index < -0.39 is 6.10 Å². The number of thiophene rings is 1. The Kier molecular flexibility index (Phi) is 2.82. The van der Waals surface area contributed by atoms with Gasteiger partial charge in [0.15, 0.2) is 0 Å². The fourth-order valence-electron chi connectivity index (χ4n) is 1.36. The maximum absolute atomic E-state index is 9.97. The zero-order valence-electron chi connectivity index (χ0n) is 7.92. The molecule has 1 aromatic carbocycles. The van der Waals surface area contributed by atoms with Gasteiger partial charge in [-0.15, -0.1) is 0 Å². The molecule has 1 heterocycles. The van der Waals surface area contributed by atoms with E-state index in [9.17, 15) is 5.11 Å². The molecule has 0 aliphatic carbocycles. The van der Waals surface area contributed by atoms with Gasteiger partial charge in [0.1, 0.15) is 6.10 Å². The van der Waals surface area contributed by atoms with Crippen molar-refractivity contribution in [2.75, 3.05) is 0 Å². The Hall–Kier alpha value is -1.63. The van der Waals surface area contributed by atoms with Crippen LogP contribution in [0.15, 0.2) is 41.1 Å². The Bertz CT molecular complexity index is 467. The third-order valence-corrected chi connectivity index (χ3v) is 2.92. The van der Waals surface area contributed by atoms with Gasteiger partial charge in [0.05, 0.1) is 11.6 Å². The molecule has 0 aliphatic heterocycles. The van der Waals surface area contributed by atoms with Gasteiger partial charge in [-0.05, 0) is 40.1 Å². The van der Waals surface area contributed by atoms with E-state index in [4.69, 9.17) is 5.26 Å². The van der Waals surface area contributed by atoms with Crippen molar-refractivity contribution in [1.82, 2.24) is 0 Å². The van der Waals surface area contributed by atoms with Gasteiger partial charge in [0.25, 0.3) is 0 Å². The van der Waals surface area contributed by atoms with Crippen LogP contribution in [0.25, 0.3) is 0 Å². The van der Waals surface area contributed by atoms with Crippen molar-refractivity contribution in [3.63, 3.8) is 0 Å². The van der Waals surface area contributed by atoms with E-state index in [0.29, 0.717) is 5.56 Å². The van der Waals surface area contributed by atoms with Crippen LogP contribution in [0.5, 0.6) is 0 Å². The second-order valence-corrected chi connectivity index (χ2v) is 3.97. The minimum atomic E-state index is -0.594. The molecule has 0 bridgehead atoms. The zero-order valence-corrected chi connectivity index (χ0v) is 8.74. The third kappa shape index (κ3) is 2.07. The average molecular weight is 215 g/mol. The summed E-state index contributed by atoms with van der Waals surface area (Å²) in [6.45, 7) is 0. The molecule has 0 amide bonds. The molecule has 74 valence electrons. The lowest BCUT2D eigenvalue weighted by molar-refractivity contribution is 0.221. The lowest BCUT2D eigenvalue weighted by Gasteiger charge is -2.08. The molecule has 0 unspecified atom stereocenters. The molecule has 1 atom stereocenters. The molecule has 0 spiro atoms.